The molecule has 1 aromatic rings. The lowest BCUT2D eigenvalue weighted by atomic mass is 9.91. The molecular weight excluding hydrogens is 250 g/mol. The summed E-state index contributed by atoms with van der Waals surface area (Å²) < 4.78 is 11.8. The van der Waals surface area contributed by atoms with E-state index in [9.17, 15) is 0 Å². The second-order valence-corrected chi connectivity index (χ2v) is 6.34. The van der Waals surface area contributed by atoms with Crippen LogP contribution in [-0.4, -0.2) is 24.9 Å². The zero-order valence-corrected chi connectivity index (χ0v) is 12.7. The number of aryl methyl sites for hydroxylation is 1. The summed E-state index contributed by atoms with van der Waals surface area (Å²) in [7, 11) is 0. The molecule has 1 saturated heterocycles. The van der Waals surface area contributed by atoms with Gasteiger partial charge in [-0.2, -0.15) is 0 Å². The average molecular weight is 275 g/mol. The first kappa shape index (κ1) is 13.9. The summed E-state index contributed by atoms with van der Waals surface area (Å²) in [6.45, 7) is 8.28. The van der Waals surface area contributed by atoms with Gasteiger partial charge in [-0.25, -0.2) is 0 Å². The molecule has 0 spiro atoms. The van der Waals surface area contributed by atoms with Crippen molar-refractivity contribution in [3.05, 3.63) is 29.3 Å². The lowest BCUT2D eigenvalue weighted by Gasteiger charge is -2.36. The minimum absolute atomic E-state index is 0.0255. The minimum Gasteiger partial charge on any atom is -0.493 e. The molecule has 0 amide bonds. The summed E-state index contributed by atoms with van der Waals surface area (Å²) in [5.41, 5.74) is 2.50. The third-order valence-electron chi connectivity index (χ3n) is 4.89. The van der Waals surface area contributed by atoms with Crippen molar-refractivity contribution >= 4 is 0 Å². The third kappa shape index (κ3) is 2.45. The molecular formula is C17H25NO2. The van der Waals surface area contributed by atoms with Crippen molar-refractivity contribution in [3.8, 4) is 5.75 Å². The van der Waals surface area contributed by atoms with E-state index >= 15 is 0 Å². The van der Waals surface area contributed by atoms with Crippen molar-refractivity contribution in [3.63, 3.8) is 0 Å². The van der Waals surface area contributed by atoms with Gasteiger partial charge in [-0.3, -0.25) is 0 Å². The number of nitrogens with one attached hydrogen (secondary N) is 1. The lowest BCUT2D eigenvalue weighted by Crippen LogP contribution is -2.48. The van der Waals surface area contributed by atoms with Crippen LogP contribution in [0, 0.1) is 6.92 Å². The number of ether oxygens (including phenoxy) is 2. The lowest BCUT2D eigenvalue weighted by molar-refractivity contribution is -0.0109. The molecule has 1 aromatic carbocycles. The van der Waals surface area contributed by atoms with Gasteiger partial charge in [-0.05, 0) is 39.2 Å². The van der Waals surface area contributed by atoms with Crippen molar-refractivity contribution in [2.45, 2.75) is 57.7 Å². The van der Waals surface area contributed by atoms with E-state index in [0.717, 1.165) is 31.8 Å². The van der Waals surface area contributed by atoms with Gasteiger partial charge in [0.05, 0.1) is 12.2 Å². The summed E-state index contributed by atoms with van der Waals surface area (Å²) in [5, 5.41) is 3.78. The van der Waals surface area contributed by atoms with E-state index in [1.165, 1.54) is 17.5 Å². The molecule has 3 nitrogen and oxygen atoms in total. The topological polar surface area (TPSA) is 30.5 Å². The van der Waals surface area contributed by atoms with Gasteiger partial charge >= 0.3 is 0 Å². The zero-order valence-electron chi connectivity index (χ0n) is 12.7. The van der Waals surface area contributed by atoms with Crippen molar-refractivity contribution in [2.75, 3.05) is 13.2 Å². The number of para-hydroxylation sites is 1. The van der Waals surface area contributed by atoms with Gasteiger partial charge in [0.15, 0.2) is 0 Å². The normalized spacial score (nSPS) is 30.6. The molecule has 20 heavy (non-hydrogen) atoms. The van der Waals surface area contributed by atoms with Crippen LogP contribution in [0.25, 0.3) is 0 Å². The highest BCUT2D eigenvalue weighted by Gasteiger charge is 2.37. The van der Waals surface area contributed by atoms with Crippen LogP contribution in [0.1, 0.15) is 50.3 Å². The Labute approximate surface area is 121 Å². The molecule has 2 aliphatic heterocycles. The first-order valence-electron chi connectivity index (χ1n) is 7.72. The number of hydrogen-bond donors (Lipinski definition) is 1. The highest BCUT2D eigenvalue weighted by atomic mass is 16.5. The van der Waals surface area contributed by atoms with Crippen LogP contribution in [0.3, 0.4) is 0 Å². The smallest absolute Gasteiger partial charge is 0.126 e. The monoisotopic (exact) mass is 275 g/mol. The van der Waals surface area contributed by atoms with Crippen molar-refractivity contribution in [1.82, 2.24) is 5.32 Å². The van der Waals surface area contributed by atoms with Gasteiger partial charge in [0, 0.05) is 30.7 Å². The van der Waals surface area contributed by atoms with Crippen molar-refractivity contribution < 1.29 is 9.47 Å². The SMILES string of the molecule is Cc1cccc2c1OCC[C@@H]2N[C@@H](C)[C@@]1(C)CCCO1. The first-order chi connectivity index (χ1) is 9.60. The second-order valence-electron chi connectivity index (χ2n) is 6.34. The molecule has 0 bridgehead atoms. The van der Waals surface area contributed by atoms with Gasteiger partial charge in [0.1, 0.15) is 5.75 Å². The molecule has 0 saturated carbocycles. The average Bonchev–Trinajstić information content (AvgIpc) is 2.88. The van der Waals surface area contributed by atoms with Crippen LogP contribution in [0.5, 0.6) is 5.75 Å². The van der Waals surface area contributed by atoms with Crippen molar-refractivity contribution in [1.29, 1.82) is 0 Å². The Kier molecular flexibility index (Phi) is 3.74. The van der Waals surface area contributed by atoms with Crippen LogP contribution >= 0.6 is 0 Å². The predicted molar refractivity (Wildman–Crippen MR) is 80.2 cm³/mol. The Bertz CT molecular complexity index is 480. The van der Waals surface area contributed by atoms with E-state index in [-0.39, 0.29) is 5.60 Å². The molecule has 3 heteroatoms. The van der Waals surface area contributed by atoms with Gasteiger partial charge in [0.25, 0.3) is 0 Å². The number of hydrogen-bond acceptors (Lipinski definition) is 3. The van der Waals surface area contributed by atoms with Crippen molar-refractivity contribution in [2.24, 2.45) is 0 Å². The minimum atomic E-state index is -0.0255. The fourth-order valence-electron chi connectivity index (χ4n) is 3.37. The highest BCUT2D eigenvalue weighted by molar-refractivity contribution is 5.43. The molecule has 3 atom stereocenters. The Morgan fingerprint density at radius 3 is 2.95 bits per heavy atom. The first-order valence-corrected chi connectivity index (χ1v) is 7.72. The fourth-order valence-corrected chi connectivity index (χ4v) is 3.37. The molecule has 110 valence electrons. The van der Waals surface area contributed by atoms with E-state index in [2.05, 4.69) is 44.3 Å². The zero-order chi connectivity index (χ0) is 14.2. The van der Waals surface area contributed by atoms with E-state index in [4.69, 9.17) is 9.47 Å². The molecule has 0 aliphatic carbocycles. The molecule has 3 rings (SSSR count). The van der Waals surface area contributed by atoms with Crippen LogP contribution in [0.4, 0.5) is 0 Å². The fraction of sp³-hybridized carbons (Fsp3) is 0.647. The maximum Gasteiger partial charge on any atom is 0.126 e. The summed E-state index contributed by atoms with van der Waals surface area (Å²) in [5.74, 6) is 1.07. The number of benzene rings is 1. The van der Waals surface area contributed by atoms with Crippen LogP contribution in [-0.2, 0) is 4.74 Å². The Morgan fingerprint density at radius 2 is 2.20 bits per heavy atom. The second kappa shape index (κ2) is 5.38. The van der Waals surface area contributed by atoms with Gasteiger partial charge < -0.3 is 14.8 Å². The summed E-state index contributed by atoms with van der Waals surface area (Å²) in [4.78, 5) is 0. The highest BCUT2D eigenvalue weighted by Crippen LogP contribution is 2.36. The van der Waals surface area contributed by atoms with Crippen LogP contribution < -0.4 is 10.1 Å². The summed E-state index contributed by atoms with van der Waals surface area (Å²) >= 11 is 0. The predicted octanol–water partition coefficient (Wildman–Crippen LogP) is 3.37. The van der Waals surface area contributed by atoms with E-state index in [1.54, 1.807) is 0 Å². The van der Waals surface area contributed by atoms with E-state index in [1.807, 2.05) is 0 Å². The Morgan fingerprint density at radius 1 is 1.35 bits per heavy atom. The standard InChI is InChI=1S/C17H25NO2/c1-12-6-4-7-14-15(8-11-19-16(12)14)18-13(2)17(3)9-5-10-20-17/h4,6-7,13,15,18H,5,8-11H2,1-3H3/t13-,15-,17+/m0/s1. The number of rotatable bonds is 3. The Hall–Kier alpha value is -1.06. The van der Waals surface area contributed by atoms with Crippen LogP contribution in [0.15, 0.2) is 18.2 Å². The maximum absolute atomic E-state index is 5.96. The maximum atomic E-state index is 5.96. The number of fused-ring (bicyclic) bond motifs is 1. The van der Waals surface area contributed by atoms with Crippen LogP contribution in [0.2, 0.25) is 0 Å². The Balaban J connectivity index is 1.78. The third-order valence-corrected chi connectivity index (χ3v) is 4.89. The summed E-state index contributed by atoms with van der Waals surface area (Å²) in [6, 6.07) is 7.14. The molecule has 0 aromatic heterocycles. The molecule has 0 unspecified atom stereocenters. The van der Waals surface area contributed by atoms with Gasteiger partial charge in [-0.1, -0.05) is 18.2 Å². The molecule has 2 heterocycles. The molecule has 1 fully saturated rings. The van der Waals surface area contributed by atoms with E-state index in [0.29, 0.717) is 12.1 Å². The largest absolute Gasteiger partial charge is 0.493 e. The molecule has 0 radical (unpaired) electrons. The van der Waals surface area contributed by atoms with E-state index < -0.39 is 0 Å². The molecule has 1 N–H and O–H groups in total. The quantitative estimate of drug-likeness (QED) is 0.917. The van der Waals surface area contributed by atoms with Gasteiger partial charge in [-0.15, -0.1) is 0 Å². The van der Waals surface area contributed by atoms with Gasteiger partial charge in [0.2, 0.25) is 0 Å². The summed E-state index contributed by atoms with van der Waals surface area (Å²) in [6.07, 6.45) is 3.34. The molecule has 2 aliphatic rings.